The molecule has 36 heavy (non-hydrogen) atoms. The molecule has 1 aliphatic heterocycles. The van der Waals surface area contributed by atoms with E-state index in [1.807, 2.05) is 0 Å². The minimum absolute atomic E-state index is 0.0240. The number of nitrogens with zero attached hydrogens (tertiary/aromatic N) is 4. The van der Waals surface area contributed by atoms with Gasteiger partial charge in [0.05, 0.1) is 18.8 Å². The van der Waals surface area contributed by atoms with E-state index in [1.54, 1.807) is 4.57 Å². The van der Waals surface area contributed by atoms with Crippen molar-refractivity contribution in [3.05, 3.63) is 35.8 Å². The molecule has 3 heterocycles. The van der Waals surface area contributed by atoms with Gasteiger partial charge in [0.25, 0.3) is 0 Å². The zero-order valence-electron chi connectivity index (χ0n) is 19.2. The third kappa shape index (κ3) is 4.79. The third-order valence-electron chi connectivity index (χ3n) is 6.74. The molecule has 1 amide bonds. The molecule has 13 heteroatoms. The van der Waals surface area contributed by atoms with Gasteiger partial charge in [-0.25, -0.2) is 27.5 Å². The molecule has 1 saturated heterocycles. The number of hydrogen-bond donors (Lipinski definition) is 3. The molecule has 3 aromatic rings. The summed E-state index contributed by atoms with van der Waals surface area (Å²) in [6, 6.07) is 0.386. The van der Waals surface area contributed by atoms with E-state index in [4.69, 9.17) is 10.5 Å². The van der Waals surface area contributed by atoms with Gasteiger partial charge in [0.15, 0.2) is 17.3 Å². The first-order chi connectivity index (χ1) is 17.3. The second-order valence-corrected chi connectivity index (χ2v) is 9.12. The first-order valence-corrected chi connectivity index (χ1v) is 11.7. The van der Waals surface area contributed by atoms with Gasteiger partial charge in [-0.15, -0.1) is 0 Å². The number of rotatable bonds is 6. The summed E-state index contributed by atoms with van der Waals surface area (Å²) in [6.07, 6.45) is 2.79. The average molecular weight is 507 g/mol. The van der Waals surface area contributed by atoms with Crippen molar-refractivity contribution in [3.63, 3.8) is 0 Å². The summed E-state index contributed by atoms with van der Waals surface area (Å²) in [7, 11) is 0. The summed E-state index contributed by atoms with van der Waals surface area (Å²) in [5, 5.41) is 5.64. The van der Waals surface area contributed by atoms with Crippen molar-refractivity contribution in [1.29, 1.82) is 0 Å². The topological polar surface area (TPSA) is 120 Å². The van der Waals surface area contributed by atoms with E-state index in [-0.39, 0.29) is 36.4 Å². The third-order valence-corrected chi connectivity index (χ3v) is 6.74. The molecular weight excluding hydrogens is 482 g/mol. The summed E-state index contributed by atoms with van der Waals surface area (Å²) in [5.74, 6) is -3.66. The molecule has 192 valence electrons. The molecule has 1 unspecified atom stereocenters. The van der Waals surface area contributed by atoms with Crippen LogP contribution >= 0.6 is 0 Å². The van der Waals surface area contributed by atoms with Gasteiger partial charge < -0.3 is 21.1 Å². The van der Waals surface area contributed by atoms with Crippen molar-refractivity contribution in [2.24, 2.45) is 11.7 Å². The van der Waals surface area contributed by atoms with E-state index >= 15 is 0 Å². The van der Waals surface area contributed by atoms with Crippen LogP contribution in [-0.4, -0.2) is 50.9 Å². The van der Waals surface area contributed by atoms with Gasteiger partial charge in [0.2, 0.25) is 17.8 Å². The Morgan fingerprint density at radius 1 is 1.08 bits per heavy atom. The Balaban J connectivity index is 1.53. The zero-order valence-corrected chi connectivity index (χ0v) is 19.2. The van der Waals surface area contributed by atoms with E-state index in [2.05, 4.69) is 25.6 Å². The molecule has 2 aliphatic rings. The minimum atomic E-state index is -1.23. The average Bonchev–Trinajstić information content (AvgIpc) is 3.20. The van der Waals surface area contributed by atoms with Gasteiger partial charge in [-0.05, 0) is 32.1 Å². The maximum absolute atomic E-state index is 14.4. The van der Waals surface area contributed by atoms with Crippen LogP contribution in [0.3, 0.4) is 0 Å². The molecule has 0 radical (unpaired) electrons. The van der Waals surface area contributed by atoms with Gasteiger partial charge >= 0.3 is 0 Å². The van der Waals surface area contributed by atoms with Crippen LogP contribution in [0.5, 0.6) is 0 Å². The van der Waals surface area contributed by atoms with Gasteiger partial charge in [-0.2, -0.15) is 4.98 Å². The van der Waals surface area contributed by atoms with Crippen molar-refractivity contribution < 1.29 is 27.1 Å². The van der Waals surface area contributed by atoms with Crippen molar-refractivity contribution in [2.75, 3.05) is 23.8 Å². The summed E-state index contributed by atoms with van der Waals surface area (Å²) in [5.41, 5.74) is 5.61. The molecule has 0 bridgehead atoms. The molecule has 2 atom stereocenters. The number of imidazole rings is 1. The normalized spacial score (nSPS) is 24.6. The Kier molecular flexibility index (Phi) is 6.65. The van der Waals surface area contributed by atoms with E-state index in [1.165, 1.54) is 6.20 Å². The smallest absolute Gasteiger partial charge is 0.225 e. The van der Waals surface area contributed by atoms with Crippen molar-refractivity contribution >= 4 is 34.7 Å². The lowest BCUT2D eigenvalue weighted by Gasteiger charge is -2.29. The van der Waals surface area contributed by atoms with Crippen LogP contribution < -0.4 is 16.4 Å². The molecule has 0 spiro atoms. The lowest BCUT2D eigenvalue weighted by atomic mass is 9.85. The van der Waals surface area contributed by atoms with Crippen molar-refractivity contribution in [2.45, 2.75) is 50.4 Å². The van der Waals surface area contributed by atoms with Crippen LogP contribution in [0.25, 0.3) is 11.2 Å². The minimum Gasteiger partial charge on any atom is -0.378 e. The van der Waals surface area contributed by atoms with E-state index in [0.717, 1.165) is 0 Å². The predicted octanol–water partition coefficient (Wildman–Crippen LogP) is 3.74. The maximum Gasteiger partial charge on any atom is 0.225 e. The van der Waals surface area contributed by atoms with Crippen LogP contribution in [0.4, 0.5) is 35.1 Å². The highest BCUT2D eigenvalue weighted by Crippen LogP contribution is 2.37. The fraction of sp³-hybridized carbons (Fsp3) is 0.478. The summed E-state index contributed by atoms with van der Waals surface area (Å²) >= 11 is 0. The van der Waals surface area contributed by atoms with Crippen LogP contribution in [0.1, 0.15) is 38.1 Å². The number of halogens is 4. The number of hydrogen-bond acceptors (Lipinski definition) is 7. The number of aromatic nitrogens is 4. The number of alkyl halides is 1. The zero-order chi connectivity index (χ0) is 25.4. The molecular formula is C23H25F4N7O2. The number of benzene rings is 1. The van der Waals surface area contributed by atoms with Crippen LogP contribution in [0.2, 0.25) is 0 Å². The molecule has 5 rings (SSSR count). The fourth-order valence-corrected chi connectivity index (χ4v) is 4.82. The SMILES string of the molecule is NC(=O)C1CCC(n2c(Nc3c(F)cc(F)cc3F)nc3cnc(NC4CCOC[C@H]4F)nc32)CC1. The number of carbonyl (C=O) groups is 1. The lowest BCUT2D eigenvalue weighted by Crippen LogP contribution is -2.39. The van der Waals surface area contributed by atoms with Gasteiger partial charge in [-0.3, -0.25) is 9.36 Å². The molecule has 2 aromatic heterocycles. The number of nitrogens with two attached hydrogens (primary N) is 1. The van der Waals surface area contributed by atoms with Gasteiger partial charge in [-0.1, -0.05) is 0 Å². The van der Waals surface area contributed by atoms with Gasteiger partial charge in [0.1, 0.15) is 23.2 Å². The Hall–Kier alpha value is -3.48. The standard InChI is InChI=1S/C23H25F4N7O2/c24-12-7-14(25)19(15(26)8-12)32-23-31-18-9-29-22(30-17-5-6-36-10-16(17)27)33-21(18)34(23)13-3-1-11(2-4-13)20(28)35/h7-9,11,13,16-17H,1-6,10H2,(H2,28,35)(H,31,32)(H,29,30,33)/t11?,13?,16-,17?/m1/s1. The number of nitrogens with one attached hydrogen (secondary N) is 2. The molecule has 4 N–H and O–H groups in total. The van der Waals surface area contributed by atoms with E-state index in [0.29, 0.717) is 62.0 Å². The van der Waals surface area contributed by atoms with Crippen LogP contribution in [0.15, 0.2) is 18.3 Å². The van der Waals surface area contributed by atoms with E-state index < -0.39 is 35.4 Å². The second kappa shape index (κ2) is 9.88. The molecule has 2 fully saturated rings. The number of ether oxygens (including phenoxy) is 1. The van der Waals surface area contributed by atoms with Crippen molar-refractivity contribution in [3.8, 4) is 0 Å². The Labute approximate surface area is 203 Å². The summed E-state index contributed by atoms with van der Waals surface area (Å²) in [4.78, 5) is 24.8. The first kappa shape index (κ1) is 24.2. The van der Waals surface area contributed by atoms with Crippen LogP contribution in [-0.2, 0) is 9.53 Å². The second-order valence-electron chi connectivity index (χ2n) is 9.12. The van der Waals surface area contributed by atoms with Crippen molar-refractivity contribution in [1.82, 2.24) is 19.5 Å². The largest absolute Gasteiger partial charge is 0.378 e. The monoisotopic (exact) mass is 507 g/mol. The predicted molar refractivity (Wildman–Crippen MR) is 123 cm³/mol. The van der Waals surface area contributed by atoms with E-state index in [9.17, 15) is 22.4 Å². The number of primary amides is 1. The maximum atomic E-state index is 14.4. The number of carbonyl (C=O) groups excluding carboxylic acids is 1. The summed E-state index contributed by atoms with van der Waals surface area (Å²) in [6.45, 7) is 0.383. The molecule has 1 aromatic carbocycles. The van der Waals surface area contributed by atoms with Crippen LogP contribution in [0, 0.1) is 23.4 Å². The fourth-order valence-electron chi connectivity index (χ4n) is 4.82. The molecule has 9 nitrogen and oxygen atoms in total. The quantitative estimate of drug-likeness (QED) is 0.435. The Bertz CT molecular complexity index is 1260. The lowest BCUT2D eigenvalue weighted by molar-refractivity contribution is -0.122. The first-order valence-electron chi connectivity index (χ1n) is 11.7. The highest BCUT2D eigenvalue weighted by Gasteiger charge is 2.30. The van der Waals surface area contributed by atoms with Gasteiger partial charge in [0, 0.05) is 30.7 Å². The Morgan fingerprint density at radius 2 is 1.81 bits per heavy atom. The number of fused-ring (bicyclic) bond motifs is 1. The Morgan fingerprint density at radius 3 is 2.47 bits per heavy atom. The highest BCUT2D eigenvalue weighted by atomic mass is 19.1. The molecule has 1 saturated carbocycles. The molecule has 1 aliphatic carbocycles. The number of anilines is 3. The number of amides is 1. The highest BCUT2D eigenvalue weighted by molar-refractivity contribution is 5.78. The summed E-state index contributed by atoms with van der Waals surface area (Å²) < 4.78 is 63.3.